The van der Waals surface area contributed by atoms with Crippen LogP contribution in [0.3, 0.4) is 0 Å². The molecule has 0 bridgehead atoms. The summed E-state index contributed by atoms with van der Waals surface area (Å²) in [5.74, 6) is 1.02. The second kappa shape index (κ2) is 5.55. The lowest BCUT2D eigenvalue weighted by Crippen LogP contribution is -2.32. The number of carbonyl (C=O) groups excluding carboxylic acids is 1. The zero-order chi connectivity index (χ0) is 13.1. The van der Waals surface area contributed by atoms with Crippen molar-refractivity contribution in [1.82, 2.24) is 4.90 Å². The molecule has 0 radical (unpaired) electrons. The molecule has 1 aromatic carbocycles. The van der Waals surface area contributed by atoms with Crippen molar-refractivity contribution in [2.75, 3.05) is 13.1 Å². The van der Waals surface area contributed by atoms with Gasteiger partial charge in [0.25, 0.3) is 0 Å². The highest BCUT2D eigenvalue weighted by Gasteiger charge is 2.29. The van der Waals surface area contributed by atoms with Crippen molar-refractivity contribution in [2.45, 2.75) is 39.5 Å². The summed E-state index contributed by atoms with van der Waals surface area (Å²) in [6, 6.07) is 8.54. The molecule has 0 N–H and O–H groups in total. The fourth-order valence-electron chi connectivity index (χ4n) is 2.75. The van der Waals surface area contributed by atoms with Crippen LogP contribution in [-0.2, 0) is 4.79 Å². The molecule has 1 fully saturated rings. The Morgan fingerprint density at radius 3 is 2.83 bits per heavy atom. The maximum Gasteiger partial charge on any atom is 0.225 e. The zero-order valence-corrected chi connectivity index (χ0v) is 11.6. The van der Waals surface area contributed by atoms with E-state index in [-0.39, 0.29) is 5.92 Å². The van der Waals surface area contributed by atoms with Crippen LogP contribution in [0.2, 0.25) is 0 Å². The van der Waals surface area contributed by atoms with Gasteiger partial charge in [-0.05, 0) is 30.9 Å². The zero-order valence-electron chi connectivity index (χ0n) is 11.6. The van der Waals surface area contributed by atoms with E-state index < -0.39 is 0 Å². The minimum Gasteiger partial charge on any atom is -0.342 e. The molecule has 1 saturated heterocycles. The Morgan fingerprint density at radius 1 is 1.44 bits per heavy atom. The molecule has 0 aliphatic carbocycles. The van der Waals surface area contributed by atoms with Crippen LogP contribution in [0, 0.1) is 12.8 Å². The van der Waals surface area contributed by atoms with Crippen LogP contribution in [0.4, 0.5) is 0 Å². The molecule has 18 heavy (non-hydrogen) atoms. The number of hydrogen-bond acceptors (Lipinski definition) is 1. The molecule has 2 atom stereocenters. The topological polar surface area (TPSA) is 20.3 Å². The molecule has 2 heteroatoms. The summed E-state index contributed by atoms with van der Waals surface area (Å²) in [7, 11) is 0. The number of carbonyl (C=O) groups is 1. The minimum atomic E-state index is 0.167. The van der Waals surface area contributed by atoms with Crippen molar-refractivity contribution in [1.29, 1.82) is 0 Å². The van der Waals surface area contributed by atoms with Crippen molar-refractivity contribution in [3.05, 3.63) is 35.4 Å². The Hall–Kier alpha value is -1.31. The standard InChI is InChI=1S/C16H23NO/c1-4-12(2)16(18)17-10-9-14(11-17)15-8-6-5-7-13(15)3/h5-8,12,14H,4,9-11H2,1-3H3/t12-,14-/m0/s1. The molecule has 1 amide bonds. The molecule has 1 aromatic rings. The molecular formula is C16H23NO. The Kier molecular flexibility index (Phi) is 4.05. The van der Waals surface area contributed by atoms with Gasteiger partial charge in [0.05, 0.1) is 0 Å². The maximum atomic E-state index is 12.2. The summed E-state index contributed by atoms with van der Waals surface area (Å²) >= 11 is 0. The van der Waals surface area contributed by atoms with Gasteiger partial charge in [-0.25, -0.2) is 0 Å². The van der Waals surface area contributed by atoms with E-state index in [9.17, 15) is 4.79 Å². The van der Waals surface area contributed by atoms with E-state index in [0.717, 1.165) is 25.9 Å². The van der Waals surface area contributed by atoms with E-state index in [2.05, 4.69) is 38.1 Å². The summed E-state index contributed by atoms with van der Waals surface area (Å²) < 4.78 is 0. The van der Waals surface area contributed by atoms with Gasteiger partial charge >= 0.3 is 0 Å². The van der Waals surface area contributed by atoms with E-state index in [1.807, 2.05) is 11.8 Å². The summed E-state index contributed by atoms with van der Waals surface area (Å²) in [6.45, 7) is 8.09. The molecule has 1 aliphatic heterocycles. The van der Waals surface area contributed by atoms with Gasteiger partial charge in [0.2, 0.25) is 5.91 Å². The maximum absolute atomic E-state index is 12.2. The first-order valence-electron chi connectivity index (χ1n) is 6.97. The molecular weight excluding hydrogens is 222 g/mol. The van der Waals surface area contributed by atoms with Crippen LogP contribution >= 0.6 is 0 Å². The van der Waals surface area contributed by atoms with Crippen LogP contribution in [-0.4, -0.2) is 23.9 Å². The van der Waals surface area contributed by atoms with E-state index in [1.165, 1.54) is 11.1 Å². The highest BCUT2D eigenvalue weighted by atomic mass is 16.2. The smallest absolute Gasteiger partial charge is 0.225 e. The molecule has 1 heterocycles. The molecule has 0 unspecified atom stereocenters. The number of benzene rings is 1. The van der Waals surface area contributed by atoms with Gasteiger partial charge in [-0.3, -0.25) is 4.79 Å². The monoisotopic (exact) mass is 245 g/mol. The lowest BCUT2D eigenvalue weighted by Gasteiger charge is -2.20. The second-order valence-electron chi connectivity index (χ2n) is 5.44. The van der Waals surface area contributed by atoms with Crippen LogP contribution < -0.4 is 0 Å². The molecule has 0 aromatic heterocycles. The molecule has 0 saturated carbocycles. The average Bonchev–Trinajstić information content (AvgIpc) is 2.87. The van der Waals surface area contributed by atoms with Gasteiger partial charge in [0.1, 0.15) is 0 Å². The van der Waals surface area contributed by atoms with E-state index >= 15 is 0 Å². The normalized spacial score (nSPS) is 21.1. The number of nitrogens with zero attached hydrogens (tertiary/aromatic N) is 1. The molecule has 1 aliphatic rings. The van der Waals surface area contributed by atoms with E-state index in [0.29, 0.717) is 11.8 Å². The van der Waals surface area contributed by atoms with Gasteiger partial charge in [-0.1, -0.05) is 38.1 Å². The fraction of sp³-hybridized carbons (Fsp3) is 0.562. The van der Waals surface area contributed by atoms with Crippen molar-refractivity contribution in [2.24, 2.45) is 5.92 Å². The highest BCUT2D eigenvalue weighted by molar-refractivity contribution is 5.78. The first kappa shape index (κ1) is 13.1. The van der Waals surface area contributed by atoms with Gasteiger partial charge in [-0.2, -0.15) is 0 Å². The lowest BCUT2D eigenvalue weighted by molar-refractivity contribution is -0.134. The third-order valence-electron chi connectivity index (χ3n) is 4.16. The Labute approximate surface area is 110 Å². The molecule has 2 rings (SSSR count). The first-order chi connectivity index (χ1) is 8.63. The first-order valence-corrected chi connectivity index (χ1v) is 6.97. The van der Waals surface area contributed by atoms with E-state index in [1.54, 1.807) is 0 Å². The third-order valence-corrected chi connectivity index (χ3v) is 4.16. The van der Waals surface area contributed by atoms with Crippen molar-refractivity contribution >= 4 is 5.91 Å². The number of rotatable bonds is 3. The molecule has 98 valence electrons. The van der Waals surface area contributed by atoms with Gasteiger partial charge < -0.3 is 4.90 Å². The summed E-state index contributed by atoms with van der Waals surface area (Å²) in [4.78, 5) is 14.2. The highest BCUT2D eigenvalue weighted by Crippen LogP contribution is 2.30. The largest absolute Gasteiger partial charge is 0.342 e. The third kappa shape index (κ3) is 2.58. The summed E-state index contributed by atoms with van der Waals surface area (Å²) in [6.07, 6.45) is 2.04. The number of likely N-dealkylation sites (tertiary alicyclic amines) is 1. The minimum absolute atomic E-state index is 0.167. The van der Waals surface area contributed by atoms with Gasteiger partial charge in [-0.15, -0.1) is 0 Å². The quantitative estimate of drug-likeness (QED) is 0.799. The SMILES string of the molecule is CC[C@H](C)C(=O)N1CC[C@H](c2ccccc2C)C1. The van der Waals surface area contributed by atoms with Gasteiger partial charge in [0, 0.05) is 24.9 Å². The average molecular weight is 245 g/mol. The van der Waals surface area contributed by atoms with Crippen LogP contribution in [0.5, 0.6) is 0 Å². The van der Waals surface area contributed by atoms with Gasteiger partial charge in [0.15, 0.2) is 0 Å². The van der Waals surface area contributed by atoms with Crippen LogP contribution in [0.25, 0.3) is 0 Å². The summed E-state index contributed by atoms with van der Waals surface area (Å²) in [5.41, 5.74) is 2.76. The number of aryl methyl sites for hydroxylation is 1. The Bertz CT molecular complexity index is 427. The van der Waals surface area contributed by atoms with Crippen molar-refractivity contribution in [3.8, 4) is 0 Å². The number of hydrogen-bond donors (Lipinski definition) is 0. The Morgan fingerprint density at radius 2 is 2.17 bits per heavy atom. The second-order valence-corrected chi connectivity index (χ2v) is 5.44. The lowest BCUT2D eigenvalue weighted by atomic mass is 9.94. The fourth-order valence-corrected chi connectivity index (χ4v) is 2.75. The Balaban J connectivity index is 2.05. The molecule has 0 spiro atoms. The summed E-state index contributed by atoms with van der Waals surface area (Å²) in [5, 5.41) is 0. The van der Waals surface area contributed by atoms with Crippen LogP contribution in [0.1, 0.15) is 43.7 Å². The predicted octanol–water partition coefficient (Wildman–Crippen LogP) is 3.36. The predicted molar refractivity (Wildman–Crippen MR) is 74.6 cm³/mol. The molecule has 2 nitrogen and oxygen atoms in total. The number of amides is 1. The van der Waals surface area contributed by atoms with Crippen molar-refractivity contribution < 1.29 is 4.79 Å². The van der Waals surface area contributed by atoms with E-state index in [4.69, 9.17) is 0 Å². The van der Waals surface area contributed by atoms with Crippen LogP contribution in [0.15, 0.2) is 24.3 Å². The van der Waals surface area contributed by atoms with Crippen molar-refractivity contribution in [3.63, 3.8) is 0 Å².